The van der Waals surface area contributed by atoms with Crippen molar-refractivity contribution in [1.82, 2.24) is 9.97 Å². The van der Waals surface area contributed by atoms with Gasteiger partial charge < -0.3 is 5.32 Å². The molecule has 0 aliphatic rings. The largest absolute Gasteiger partial charge is 0.321 e. The van der Waals surface area contributed by atoms with Crippen molar-refractivity contribution < 1.29 is 4.79 Å². The van der Waals surface area contributed by atoms with Crippen molar-refractivity contribution in [3.05, 3.63) is 74.9 Å². The van der Waals surface area contributed by atoms with Crippen molar-refractivity contribution in [2.75, 3.05) is 5.32 Å². The number of anilines is 1. The summed E-state index contributed by atoms with van der Waals surface area (Å²) >= 11 is 3.03. The molecule has 0 aliphatic heterocycles. The Balaban J connectivity index is 1.56. The SMILES string of the molecule is Cc1nc(-c2ccc(NC(=O)c3sc(C)nc3-c3ccccc3)cc2)cs1. The Kier molecular flexibility index (Phi) is 4.83. The van der Waals surface area contributed by atoms with E-state index in [2.05, 4.69) is 15.3 Å². The summed E-state index contributed by atoms with van der Waals surface area (Å²) in [5.41, 5.74) is 4.42. The number of carbonyl (C=O) groups is 1. The normalized spacial score (nSPS) is 10.7. The topological polar surface area (TPSA) is 54.9 Å². The zero-order valence-corrected chi connectivity index (χ0v) is 16.5. The van der Waals surface area contributed by atoms with Crippen molar-refractivity contribution in [2.45, 2.75) is 13.8 Å². The molecule has 4 aromatic rings. The summed E-state index contributed by atoms with van der Waals surface area (Å²) < 4.78 is 0. The van der Waals surface area contributed by atoms with Gasteiger partial charge in [-0.15, -0.1) is 22.7 Å². The van der Waals surface area contributed by atoms with Crippen LogP contribution >= 0.6 is 22.7 Å². The molecule has 27 heavy (non-hydrogen) atoms. The fourth-order valence-corrected chi connectivity index (χ4v) is 4.24. The summed E-state index contributed by atoms with van der Waals surface area (Å²) in [6, 6.07) is 17.5. The lowest BCUT2D eigenvalue weighted by Crippen LogP contribution is -2.11. The first-order valence-electron chi connectivity index (χ1n) is 8.47. The van der Waals surface area contributed by atoms with Gasteiger partial charge in [0.15, 0.2) is 0 Å². The van der Waals surface area contributed by atoms with Gasteiger partial charge in [0.05, 0.1) is 21.4 Å². The van der Waals surface area contributed by atoms with Crippen LogP contribution in [-0.2, 0) is 0 Å². The highest BCUT2D eigenvalue weighted by Gasteiger charge is 2.18. The molecule has 0 aliphatic carbocycles. The van der Waals surface area contributed by atoms with E-state index < -0.39 is 0 Å². The number of hydrogen-bond donors (Lipinski definition) is 1. The summed E-state index contributed by atoms with van der Waals surface area (Å²) in [5, 5.41) is 6.92. The number of nitrogens with one attached hydrogen (secondary N) is 1. The van der Waals surface area contributed by atoms with Crippen LogP contribution in [-0.4, -0.2) is 15.9 Å². The maximum absolute atomic E-state index is 12.8. The quantitative estimate of drug-likeness (QED) is 0.478. The van der Waals surface area contributed by atoms with Crippen LogP contribution in [0.3, 0.4) is 0 Å². The van der Waals surface area contributed by atoms with Crippen LogP contribution in [0, 0.1) is 13.8 Å². The molecule has 4 rings (SSSR count). The van der Waals surface area contributed by atoms with Gasteiger partial charge in [-0.3, -0.25) is 4.79 Å². The number of rotatable bonds is 4. The fourth-order valence-electron chi connectivity index (χ4n) is 2.78. The molecule has 2 aromatic heterocycles. The zero-order valence-electron chi connectivity index (χ0n) is 14.9. The van der Waals surface area contributed by atoms with Gasteiger partial charge in [0, 0.05) is 22.2 Å². The number of aromatic nitrogens is 2. The Labute approximate surface area is 165 Å². The van der Waals surface area contributed by atoms with Gasteiger partial charge in [0.1, 0.15) is 4.88 Å². The Morgan fingerprint density at radius 1 is 0.889 bits per heavy atom. The second-order valence-electron chi connectivity index (χ2n) is 6.06. The van der Waals surface area contributed by atoms with Crippen LogP contribution in [0.4, 0.5) is 5.69 Å². The van der Waals surface area contributed by atoms with Crippen LogP contribution in [0.1, 0.15) is 19.7 Å². The zero-order chi connectivity index (χ0) is 18.8. The second kappa shape index (κ2) is 7.42. The molecular weight excluding hydrogens is 374 g/mol. The molecule has 0 saturated heterocycles. The Hall–Kier alpha value is -2.83. The Bertz CT molecular complexity index is 1080. The number of amides is 1. The average Bonchev–Trinajstić information content (AvgIpc) is 3.29. The maximum atomic E-state index is 12.8. The lowest BCUT2D eigenvalue weighted by molar-refractivity contribution is 0.103. The highest BCUT2D eigenvalue weighted by Crippen LogP contribution is 2.29. The highest BCUT2D eigenvalue weighted by atomic mass is 32.1. The number of nitrogens with zero attached hydrogens (tertiary/aromatic N) is 2. The van der Waals surface area contributed by atoms with Gasteiger partial charge in [-0.05, 0) is 26.0 Å². The summed E-state index contributed by atoms with van der Waals surface area (Å²) in [6.45, 7) is 3.91. The standard InChI is InChI=1S/C21H17N3OS2/c1-13-22-18(12-26-13)15-8-10-17(11-9-15)24-21(25)20-19(23-14(2)27-20)16-6-4-3-5-7-16/h3-12H,1-2H3,(H,24,25). The van der Waals surface area contributed by atoms with Crippen molar-refractivity contribution in [3.63, 3.8) is 0 Å². The number of thiazole rings is 2. The molecule has 0 bridgehead atoms. The Morgan fingerprint density at radius 2 is 1.63 bits per heavy atom. The highest BCUT2D eigenvalue weighted by molar-refractivity contribution is 7.14. The van der Waals surface area contributed by atoms with E-state index in [0.717, 1.165) is 38.2 Å². The van der Waals surface area contributed by atoms with Crippen molar-refractivity contribution in [2.24, 2.45) is 0 Å². The van der Waals surface area contributed by atoms with Gasteiger partial charge in [-0.25, -0.2) is 9.97 Å². The van der Waals surface area contributed by atoms with E-state index >= 15 is 0 Å². The molecule has 0 saturated carbocycles. The summed E-state index contributed by atoms with van der Waals surface area (Å²) in [7, 11) is 0. The number of aryl methyl sites for hydroxylation is 2. The molecule has 4 nitrogen and oxygen atoms in total. The number of hydrogen-bond acceptors (Lipinski definition) is 5. The predicted octanol–water partition coefficient (Wildman–Crippen LogP) is 5.80. The smallest absolute Gasteiger partial charge is 0.268 e. The minimum atomic E-state index is -0.142. The summed E-state index contributed by atoms with van der Waals surface area (Å²) in [5.74, 6) is -0.142. The second-order valence-corrected chi connectivity index (χ2v) is 8.33. The van der Waals surface area contributed by atoms with E-state index in [0.29, 0.717) is 4.88 Å². The van der Waals surface area contributed by atoms with Crippen LogP contribution in [0.5, 0.6) is 0 Å². The van der Waals surface area contributed by atoms with Crippen LogP contribution in [0.2, 0.25) is 0 Å². The van der Waals surface area contributed by atoms with Crippen LogP contribution in [0.25, 0.3) is 22.5 Å². The van der Waals surface area contributed by atoms with E-state index in [9.17, 15) is 4.79 Å². The Morgan fingerprint density at radius 3 is 2.30 bits per heavy atom. The molecule has 0 spiro atoms. The third-order valence-electron chi connectivity index (χ3n) is 4.05. The first-order chi connectivity index (χ1) is 13.1. The molecule has 0 radical (unpaired) electrons. The first kappa shape index (κ1) is 17.6. The maximum Gasteiger partial charge on any atom is 0.268 e. The number of carbonyl (C=O) groups excluding carboxylic acids is 1. The lowest BCUT2D eigenvalue weighted by Gasteiger charge is -2.06. The monoisotopic (exact) mass is 391 g/mol. The lowest BCUT2D eigenvalue weighted by atomic mass is 10.1. The van der Waals surface area contributed by atoms with Crippen LogP contribution in [0.15, 0.2) is 60.0 Å². The molecule has 2 heterocycles. The third-order valence-corrected chi connectivity index (χ3v) is 5.79. The summed E-state index contributed by atoms with van der Waals surface area (Å²) in [6.07, 6.45) is 0. The average molecular weight is 392 g/mol. The van der Waals surface area contributed by atoms with Crippen LogP contribution < -0.4 is 5.32 Å². The minimum absolute atomic E-state index is 0.142. The molecule has 0 fully saturated rings. The molecule has 1 N–H and O–H groups in total. The van der Waals surface area contributed by atoms with Crippen molar-refractivity contribution >= 4 is 34.3 Å². The van der Waals surface area contributed by atoms with Crippen molar-refractivity contribution in [3.8, 4) is 22.5 Å². The van der Waals surface area contributed by atoms with Gasteiger partial charge >= 0.3 is 0 Å². The molecule has 6 heteroatoms. The molecular formula is C21H17N3OS2. The van der Waals surface area contributed by atoms with E-state index in [1.165, 1.54) is 11.3 Å². The van der Waals surface area contributed by atoms with Gasteiger partial charge in [-0.2, -0.15) is 0 Å². The van der Waals surface area contributed by atoms with Gasteiger partial charge in [0.2, 0.25) is 0 Å². The van der Waals surface area contributed by atoms with E-state index in [1.807, 2.05) is 73.8 Å². The molecule has 0 atom stereocenters. The molecule has 134 valence electrons. The van der Waals surface area contributed by atoms with Gasteiger partial charge in [0.25, 0.3) is 5.91 Å². The predicted molar refractivity (Wildman–Crippen MR) is 113 cm³/mol. The van der Waals surface area contributed by atoms with Gasteiger partial charge in [-0.1, -0.05) is 42.5 Å². The van der Waals surface area contributed by atoms with E-state index in [4.69, 9.17) is 0 Å². The number of benzene rings is 2. The van der Waals surface area contributed by atoms with E-state index in [-0.39, 0.29) is 5.91 Å². The van der Waals surface area contributed by atoms with Crippen molar-refractivity contribution in [1.29, 1.82) is 0 Å². The first-order valence-corrected chi connectivity index (χ1v) is 10.2. The third kappa shape index (κ3) is 3.82. The molecule has 0 unspecified atom stereocenters. The summed E-state index contributed by atoms with van der Waals surface area (Å²) in [4.78, 5) is 22.5. The fraction of sp³-hybridized carbons (Fsp3) is 0.0952. The van der Waals surface area contributed by atoms with E-state index in [1.54, 1.807) is 11.3 Å². The molecule has 2 aromatic carbocycles. The molecule has 1 amide bonds. The minimum Gasteiger partial charge on any atom is -0.321 e.